The molecule has 1 heterocycles. The molecule has 1 aromatic heterocycles. The topological polar surface area (TPSA) is 49.8 Å². The average Bonchev–Trinajstić information content (AvgIpc) is 2.62. The summed E-state index contributed by atoms with van der Waals surface area (Å²) in [6.45, 7) is 3.56. The van der Waals surface area contributed by atoms with Gasteiger partial charge < -0.3 is 10.6 Å². The second-order valence-corrected chi connectivity index (χ2v) is 5.20. The lowest BCUT2D eigenvalue weighted by Gasteiger charge is -2.11. The van der Waals surface area contributed by atoms with Crippen LogP contribution in [0.1, 0.15) is 12.5 Å². The Morgan fingerprint density at radius 3 is 2.22 bits per heavy atom. The SMILES string of the molecule is CCNc1nc(NCc2ccccc2)cc(-c2ccccc2)n1. The van der Waals surface area contributed by atoms with Crippen LogP contribution in [0.4, 0.5) is 11.8 Å². The molecule has 0 aliphatic carbocycles. The van der Waals surface area contributed by atoms with Crippen LogP contribution in [0.25, 0.3) is 11.3 Å². The maximum absolute atomic E-state index is 4.59. The molecule has 2 N–H and O–H groups in total. The van der Waals surface area contributed by atoms with Crippen LogP contribution in [0, 0.1) is 0 Å². The first kappa shape index (κ1) is 15.0. The molecule has 23 heavy (non-hydrogen) atoms. The first-order chi connectivity index (χ1) is 11.3. The maximum atomic E-state index is 4.59. The predicted molar refractivity (Wildman–Crippen MR) is 95.4 cm³/mol. The summed E-state index contributed by atoms with van der Waals surface area (Å²) in [5.74, 6) is 1.46. The molecule has 0 aliphatic rings. The van der Waals surface area contributed by atoms with Crippen molar-refractivity contribution in [2.75, 3.05) is 17.2 Å². The van der Waals surface area contributed by atoms with Gasteiger partial charge in [0.25, 0.3) is 0 Å². The van der Waals surface area contributed by atoms with Crippen LogP contribution in [-0.2, 0) is 6.54 Å². The fourth-order valence-electron chi connectivity index (χ4n) is 2.32. The largest absolute Gasteiger partial charge is 0.366 e. The first-order valence-electron chi connectivity index (χ1n) is 7.81. The van der Waals surface area contributed by atoms with Gasteiger partial charge in [-0.15, -0.1) is 0 Å². The van der Waals surface area contributed by atoms with E-state index in [0.29, 0.717) is 5.95 Å². The van der Waals surface area contributed by atoms with Gasteiger partial charge in [-0.1, -0.05) is 60.7 Å². The van der Waals surface area contributed by atoms with Crippen molar-refractivity contribution in [3.05, 3.63) is 72.3 Å². The molecule has 0 fully saturated rings. The van der Waals surface area contributed by atoms with Gasteiger partial charge in [0.05, 0.1) is 5.69 Å². The Labute approximate surface area is 136 Å². The summed E-state index contributed by atoms with van der Waals surface area (Å²) in [4.78, 5) is 9.12. The summed E-state index contributed by atoms with van der Waals surface area (Å²) in [5, 5.41) is 6.57. The van der Waals surface area contributed by atoms with Crippen molar-refractivity contribution < 1.29 is 0 Å². The first-order valence-corrected chi connectivity index (χ1v) is 7.81. The van der Waals surface area contributed by atoms with Crippen molar-refractivity contribution in [1.82, 2.24) is 9.97 Å². The van der Waals surface area contributed by atoms with E-state index < -0.39 is 0 Å². The molecule has 0 unspecified atom stereocenters. The smallest absolute Gasteiger partial charge is 0.225 e. The highest BCUT2D eigenvalue weighted by Crippen LogP contribution is 2.21. The lowest BCUT2D eigenvalue weighted by Crippen LogP contribution is -2.07. The fourth-order valence-corrected chi connectivity index (χ4v) is 2.32. The Balaban J connectivity index is 1.85. The number of anilines is 2. The third-order valence-electron chi connectivity index (χ3n) is 3.45. The minimum absolute atomic E-state index is 0.643. The summed E-state index contributed by atoms with van der Waals surface area (Å²) in [6, 6.07) is 22.4. The van der Waals surface area contributed by atoms with Gasteiger partial charge >= 0.3 is 0 Å². The quantitative estimate of drug-likeness (QED) is 0.717. The van der Waals surface area contributed by atoms with Crippen LogP contribution in [0.5, 0.6) is 0 Å². The Bertz CT molecular complexity index is 742. The van der Waals surface area contributed by atoms with Gasteiger partial charge in [0.15, 0.2) is 0 Å². The number of hydrogen-bond acceptors (Lipinski definition) is 4. The molecular weight excluding hydrogens is 284 g/mol. The van der Waals surface area contributed by atoms with Gasteiger partial charge in [-0.05, 0) is 12.5 Å². The number of rotatable bonds is 6. The molecule has 0 atom stereocenters. The standard InChI is InChI=1S/C19H20N4/c1-2-20-19-22-17(16-11-7-4-8-12-16)13-18(23-19)21-14-15-9-5-3-6-10-15/h3-13H,2,14H2,1H3,(H2,20,21,22,23). The molecule has 0 saturated carbocycles. The zero-order valence-electron chi connectivity index (χ0n) is 13.2. The Hall–Kier alpha value is -2.88. The highest BCUT2D eigenvalue weighted by molar-refractivity contribution is 5.64. The molecule has 0 saturated heterocycles. The molecular formula is C19H20N4. The highest BCUT2D eigenvalue weighted by Gasteiger charge is 2.06. The fraction of sp³-hybridized carbons (Fsp3) is 0.158. The molecule has 4 nitrogen and oxygen atoms in total. The van der Waals surface area contributed by atoms with E-state index in [1.54, 1.807) is 0 Å². The minimum atomic E-state index is 0.643. The van der Waals surface area contributed by atoms with E-state index in [1.165, 1.54) is 5.56 Å². The van der Waals surface area contributed by atoms with Crippen LogP contribution >= 0.6 is 0 Å². The number of benzene rings is 2. The average molecular weight is 304 g/mol. The van der Waals surface area contributed by atoms with Crippen molar-refractivity contribution in [2.24, 2.45) is 0 Å². The molecule has 0 radical (unpaired) electrons. The van der Waals surface area contributed by atoms with Gasteiger partial charge in [-0.2, -0.15) is 4.98 Å². The van der Waals surface area contributed by atoms with Crippen LogP contribution in [0.15, 0.2) is 66.7 Å². The van der Waals surface area contributed by atoms with Crippen molar-refractivity contribution in [3.63, 3.8) is 0 Å². The second kappa shape index (κ2) is 7.40. The maximum Gasteiger partial charge on any atom is 0.225 e. The van der Waals surface area contributed by atoms with E-state index >= 15 is 0 Å². The van der Waals surface area contributed by atoms with E-state index in [9.17, 15) is 0 Å². The zero-order chi connectivity index (χ0) is 15.9. The molecule has 0 aliphatic heterocycles. The van der Waals surface area contributed by atoms with E-state index in [4.69, 9.17) is 0 Å². The molecule has 0 spiro atoms. The normalized spacial score (nSPS) is 10.3. The third-order valence-corrected chi connectivity index (χ3v) is 3.45. The number of aromatic nitrogens is 2. The van der Waals surface area contributed by atoms with E-state index in [1.807, 2.05) is 49.4 Å². The summed E-state index contributed by atoms with van der Waals surface area (Å²) >= 11 is 0. The third kappa shape index (κ3) is 4.07. The summed E-state index contributed by atoms with van der Waals surface area (Å²) < 4.78 is 0. The Kier molecular flexibility index (Phi) is 4.84. The van der Waals surface area contributed by atoms with Crippen LogP contribution in [0.3, 0.4) is 0 Å². The molecule has 116 valence electrons. The minimum Gasteiger partial charge on any atom is -0.366 e. The van der Waals surface area contributed by atoms with Crippen molar-refractivity contribution in [2.45, 2.75) is 13.5 Å². The summed E-state index contributed by atoms with van der Waals surface area (Å²) in [7, 11) is 0. The zero-order valence-corrected chi connectivity index (χ0v) is 13.2. The summed E-state index contributed by atoms with van der Waals surface area (Å²) in [6.07, 6.45) is 0. The summed E-state index contributed by atoms with van der Waals surface area (Å²) in [5.41, 5.74) is 3.21. The molecule has 4 heteroatoms. The molecule has 0 bridgehead atoms. The van der Waals surface area contributed by atoms with Gasteiger partial charge in [0, 0.05) is 24.7 Å². The Morgan fingerprint density at radius 2 is 1.52 bits per heavy atom. The van der Waals surface area contributed by atoms with Gasteiger partial charge in [-0.3, -0.25) is 0 Å². The van der Waals surface area contributed by atoms with Gasteiger partial charge in [-0.25, -0.2) is 4.98 Å². The van der Waals surface area contributed by atoms with E-state index in [-0.39, 0.29) is 0 Å². The van der Waals surface area contributed by atoms with Crippen LogP contribution < -0.4 is 10.6 Å². The molecule has 3 aromatic rings. The number of hydrogen-bond donors (Lipinski definition) is 2. The van der Waals surface area contributed by atoms with E-state index in [2.05, 4.69) is 44.9 Å². The van der Waals surface area contributed by atoms with Crippen molar-refractivity contribution in [1.29, 1.82) is 0 Å². The van der Waals surface area contributed by atoms with Gasteiger partial charge in [0.2, 0.25) is 5.95 Å². The molecule has 3 rings (SSSR count). The number of nitrogens with one attached hydrogen (secondary N) is 2. The molecule has 2 aromatic carbocycles. The van der Waals surface area contributed by atoms with Gasteiger partial charge in [0.1, 0.15) is 5.82 Å². The van der Waals surface area contributed by atoms with Crippen LogP contribution in [0.2, 0.25) is 0 Å². The lowest BCUT2D eigenvalue weighted by molar-refractivity contribution is 1.05. The second-order valence-electron chi connectivity index (χ2n) is 5.20. The highest BCUT2D eigenvalue weighted by atomic mass is 15.1. The Morgan fingerprint density at radius 1 is 0.826 bits per heavy atom. The predicted octanol–water partition coefficient (Wildman–Crippen LogP) is 4.19. The lowest BCUT2D eigenvalue weighted by atomic mass is 10.1. The monoisotopic (exact) mass is 304 g/mol. The van der Waals surface area contributed by atoms with E-state index in [0.717, 1.165) is 30.2 Å². The van der Waals surface area contributed by atoms with Crippen LogP contribution in [-0.4, -0.2) is 16.5 Å². The van der Waals surface area contributed by atoms with Crippen molar-refractivity contribution >= 4 is 11.8 Å². The van der Waals surface area contributed by atoms with Crippen molar-refractivity contribution in [3.8, 4) is 11.3 Å². The number of nitrogens with zero attached hydrogens (tertiary/aromatic N) is 2. The molecule has 0 amide bonds.